The Morgan fingerprint density at radius 3 is 2.54 bits per heavy atom. The number of piperidine rings is 1. The van der Waals surface area contributed by atoms with Crippen LogP contribution in [0.15, 0.2) is 47.1 Å². The lowest BCUT2D eigenvalue weighted by atomic mass is 9.95. The predicted molar refractivity (Wildman–Crippen MR) is 105 cm³/mol. The first-order valence-corrected chi connectivity index (χ1v) is 9.50. The lowest BCUT2D eigenvalue weighted by Crippen LogP contribution is -2.46. The number of amides is 3. The standard InChI is InChI=1S/C21H27N3O4/c1-23(15-16-5-7-18(27-2)8-6-16)20(25)17-9-11-24(12-10-17)21(26)22-14-19-4-3-13-28-19/h3-8,13,17H,9-12,14-15H2,1-2H3,(H,22,26). The molecule has 1 saturated heterocycles. The van der Waals surface area contributed by atoms with Gasteiger partial charge in [-0.1, -0.05) is 12.1 Å². The summed E-state index contributed by atoms with van der Waals surface area (Å²) in [6.45, 7) is 2.09. The van der Waals surface area contributed by atoms with E-state index in [1.165, 1.54) is 0 Å². The van der Waals surface area contributed by atoms with E-state index in [4.69, 9.17) is 9.15 Å². The highest BCUT2D eigenvalue weighted by Gasteiger charge is 2.29. The van der Waals surface area contributed by atoms with Gasteiger partial charge in [-0.15, -0.1) is 0 Å². The molecule has 1 fully saturated rings. The van der Waals surface area contributed by atoms with Crippen LogP contribution in [0.4, 0.5) is 4.79 Å². The Kier molecular flexibility index (Phi) is 6.57. The summed E-state index contributed by atoms with van der Waals surface area (Å²) in [5.41, 5.74) is 1.06. The van der Waals surface area contributed by atoms with Gasteiger partial charge in [-0.05, 0) is 42.7 Å². The van der Waals surface area contributed by atoms with Gasteiger partial charge in [0.2, 0.25) is 5.91 Å². The molecule has 150 valence electrons. The minimum Gasteiger partial charge on any atom is -0.497 e. The molecule has 1 N–H and O–H groups in total. The Labute approximate surface area is 165 Å². The third-order valence-electron chi connectivity index (χ3n) is 5.08. The number of furan rings is 1. The van der Waals surface area contributed by atoms with Gasteiger partial charge in [0.05, 0.1) is 19.9 Å². The van der Waals surface area contributed by atoms with Crippen LogP contribution in [-0.4, -0.2) is 49.0 Å². The van der Waals surface area contributed by atoms with Crippen LogP contribution in [0.25, 0.3) is 0 Å². The van der Waals surface area contributed by atoms with E-state index in [2.05, 4.69) is 5.32 Å². The number of methoxy groups -OCH3 is 1. The van der Waals surface area contributed by atoms with Gasteiger partial charge in [-0.25, -0.2) is 4.79 Å². The Bertz CT molecular complexity index is 765. The molecule has 2 aromatic rings. The number of nitrogens with one attached hydrogen (secondary N) is 1. The third kappa shape index (κ3) is 5.06. The van der Waals surface area contributed by atoms with Gasteiger partial charge >= 0.3 is 6.03 Å². The summed E-state index contributed by atoms with van der Waals surface area (Å²) in [4.78, 5) is 28.5. The number of hydrogen-bond acceptors (Lipinski definition) is 4. The molecule has 1 aliphatic rings. The van der Waals surface area contributed by atoms with E-state index in [1.54, 1.807) is 29.2 Å². The van der Waals surface area contributed by atoms with Crippen LogP contribution in [0.5, 0.6) is 5.75 Å². The summed E-state index contributed by atoms with van der Waals surface area (Å²) in [6.07, 6.45) is 2.95. The molecule has 1 aromatic carbocycles. The highest BCUT2D eigenvalue weighted by Crippen LogP contribution is 2.21. The fraction of sp³-hybridized carbons (Fsp3) is 0.429. The van der Waals surface area contributed by atoms with Crippen LogP contribution in [0.2, 0.25) is 0 Å². The predicted octanol–water partition coefficient (Wildman–Crippen LogP) is 2.87. The normalized spacial score (nSPS) is 14.6. The van der Waals surface area contributed by atoms with Crippen molar-refractivity contribution >= 4 is 11.9 Å². The van der Waals surface area contributed by atoms with Crippen LogP contribution in [-0.2, 0) is 17.9 Å². The second kappa shape index (κ2) is 9.30. The van der Waals surface area contributed by atoms with Crippen LogP contribution in [0.1, 0.15) is 24.2 Å². The first-order valence-electron chi connectivity index (χ1n) is 9.50. The van der Waals surface area contributed by atoms with Crippen molar-refractivity contribution in [3.05, 3.63) is 54.0 Å². The van der Waals surface area contributed by atoms with Crippen molar-refractivity contribution in [2.24, 2.45) is 5.92 Å². The lowest BCUT2D eigenvalue weighted by Gasteiger charge is -2.33. The maximum atomic E-state index is 12.8. The van der Waals surface area contributed by atoms with Gasteiger partial charge in [0.25, 0.3) is 0 Å². The topological polar surface area (TPSA) is 75.0 Å². The average Bonchev–Trinajstić information content (AvgIpc) is 3.26. The molecule has 1 aliphatic heterocycles. The number of carbonyl (C=O) groups is 2. The Morgan fingerprint density at radius 2 is 1.93 bits per heavy atom. The summed E-state index contributed by atoms with van der Waals surface area (Å²) in [5, 5.41) is 2.85. The molecule has 0 aliphatic carbocycles. The van der Waals surface area contributed by atoms with Gasteiger partial charge in [0.15, 0.2) is 0 Å². The van der Waals surface area contributed by atoms with Crippen molar-refractivity contribution < 1.29 is 18.7 Å². The molecule has 3 rings (SSSR count). The van der Waals surface area contributed by atoms with E-state index in [1.807, 2.05) is 37.4 Å². The van der Waals surface area contributed by atoms with Gasteiger partial charge in [0, 0.05) is 32.6 Å². The number of urea groups is 1. The molecule has 0 unspecified atom stereocenters. The Hall–Kier alpha value is -2.96. The molecule has 3 amide bonds. The molecular formula is C21H27N3O4. The summed E-state index contributed by atoms with van der Waals surface area (Å²) < 4.78 is 10.4. The van der Waals surface area contributed by atoms with Crippen LogP contribution < -0.4 is 10.1 Å². The number of hydrogen-bond donors (Lipinski definition) is 1. The zero-order valence-electron chi connectivity index (χ0n) is 16.4. The van der Waals surface area contributed by atoms with Gasteiger partial charge in [-0.3, -0.25) is 4.79 Å². The van der Waals surface area contributed by atoms with Gasteiger partial charge in [-0.2, -0.15) is 0 Å². The van der Waals surface area contributed by atoms with Crippen LogP contribution >= 0.6 is 0 Å². The van der Waals surface area contributed by atoms with E-state index >= 15 is 0 Å². The second-order valence-corrected chi connectivity index (χ2v) is 7.04. The van der Waals surface area contributed by atoms with Crippen molar-refractivity contribution in [1.82, 2.24) is 15.1 Å². The fourth-order valence-corrected chi connectivity index (χ4v) is 3.41. The molecule has 2 heterocycles. The van der Waals surface area contributed by atoms with Gasteiger partial charge in [0.1, 0.15) is 11.5 Å². The monoisotopic (exact) mass is 385 g/mol. The summed E-state index contributed by atoms with van der Waals surface area (Å²) in [7, 11) is 3.46. The van der Waals surface area contributed by atoms with E-state index in [0.717, 1.165) is 17.1 Å². The summed E-state index contributed by atoms with van der Waals surface area (Å²) >= 11 is 0. The minimum atomic E-state index is -0.117. The molecule has 0 saturated carbocycles. The van der Waals surface area contributed by atoms with E-state index in [9.17, 15) is 9.59 Å². The average molecular weight is 385 g/mol. The zero-order valence-corrected chi connectivity index (χ0v) is 16.4. The van der Waals surface area contributed by atoms with Crippen LogP contribution in [0.3, 0.4) is 0 Å². The molecule has 7 heteroatoms. The van der Waals surface area contributed by atoms with E-state index < -0.39 is 0 Å². The Morgan fingerprint density at radius 1 is 1.21 bits per heavy atom. The number of benzene rings is 1. The summed E-state index contributed by atoms with van der Waals surface area (Å²) in [6, 6.07) is 11.2. The minimum absolute atomic E-state index is 0.0441. The lowest BCUT2D eigenvalue weighted by molar-refractivity contribution is -0.136. The SMILES string of the molecule is COc1ccc(CN(C)C(=O)C2CCN(C(=O)NCc3ccco3)CC2)cc1. The van der Waals surface area contributed by atoms with Crippen molar-refractivity contribution in [1.29, 1.82) is 0 Å². The maximum Gasteiger partial charge on any atom is 0.317 e. The molecule has 0 bridgehead atoms. The van der Waals surface area contributed by atoms with Crippen molar-refractivity contribution in [2.45, 2.75) is 25.9 Å². The number of ether oxygens (including phenoxy) is 1. The third-order valence-corrected chi connectivity index (χ3v) is 5.08. The fourth-order valence-electron chi connectivity index (χ4n) is 3.41. The zero-order chi connectivity index (χ0) is 19.9. The molecule has 0 radical (unpaired) electrons. The highest BCUT2D eigenvalue weighted by atomic mass is 16.5. The first kappa shape index (κ1) is 19.8. The van der Waals surface area contributed by atoms with Crippen LogP contribution in [0, 0.1) is 5.92 Å². The number of rotatable bonds is 6. The molecule has 1 aromatic heterocycles. The number of carbonyl (C=O) groups excluding carboxylic acids is 2. The molecule has 0 atom stereocenters. The quantitative estimate of drug-likeness (QED) is 0.830. The Balaban J connectivity index is 1.43. The summed E-state index contributed by atoms with van der Waals surface area (Å²) in [5.74, 6) is 1.61. The second-order valence-electron chi connectivity index (χ2n) is 7.04. The van der Waals surface area contributed by atoms with Crippen molar-refractivity contribution in [3.63, 3.8) is 0 Å². The van der Waals surface area contributed by atoms with Gasteiger partial charge < -0.3 is 24.3 Å². The molecular weight excluding hydrogens is 358 g/mol. The van der Waals surface area contributed by atoms with Crippen molar-refractivity contribution in [2.75, 3.05) is 27.2 Å². The largest absolute Gasteiger partial charge is 0.497 e. The highest BCUT2D eigenvalue weighted by molar-refractivity contribution is 5.79. The number of nitrogens with zero attached hydrogens (tertiary/aromatic N) is 2. The van der Waals surface area contributed by atoms with E-state index in [-0.39, 0.29) is 17.9 Å². The molecule has 7 nitrogen and oxygen atoms in total. The molecule has 28 heavy (non-hydrogen) atoms. The first-order chi connectivity index (χ1) is 13.6. The van der Waals surface area contributed by atoms with E-state index in [0.29, 0.717) is 39.0 Å². The molecule has 0 spiro atoms. The smallest absolute Gasteiger partial charge is 0.317 e. The number of likely N-dealkylation sites (tertiary alicyclic amines) is 1. The maximum absolute atomic E-state index is 12.8. The van der Waals surface area contributed by atoms with Crippen molar-refractivity contribution in [3.8, 4) is 5.75 Å².